The predicted octanol–water partition coefficient (Wildman–Crippen LogP) is 3.51. The summed E-state index contributed by atoms with van der Waals surface area (Å²) in [6, 6.07) is 1.37. The Morgan fingerprint density at radius 2 is 1.92 bits per heavy atom. The minimum Gasteiger partial charge on any atom is -0.274 e. The molecule has 1 fully saturated rings. The lowest BCUT2D eigenvalue weighted by Crippen LogP contribution is -2.36. The first-order chi connectivity index (χ1) is 11.4. The Balaban J connectivity index is 2.09. The number of nitrogens with zero attached hydrogens (tertiary/aromatic N) is 1. The van der Waals surface area contributed by atoms with Crippen molar-refractivity contribution < 1.29 is 26.4 Å². The summed E-state index contributed by atoms with van der Waals surface area (Å²) in [6.07, 6.45) is -0.407. The van der Waals surface area contributed by atoms with E-state index in [1.165, 1.54) is 0 Å². The maximum absolute atomic E-state index is 12.5. The van der Waals surface area contributed by atoms with Crippen LogP contribution < -0.4 is 4.72 Å². The van der Waals surface area contributed by atoms with E-state index in [4.69, 9.17) is 0 Å². The molecule has 1 aliphatic rings. The van der Waals surface area contributed by atoms with Crippen LogP contribution in [-0.4, -0.2) is 19.3 Å². The second-order valence-electron chi connectivity index (χ2n) is 7.14. The van der Waals surface area contributed by atoms with Gasteiger partial charge in [-0.3, -0.25) is 4.79 Å². The number of sulfonamides is 1. The molecule has 1 amide bonds. The molecule has 5 nitrogen and oxygen atoms in total. The standard InChI is InChI=1S/C16H21F3N2O3S/c1-15(2)8-3-4-11(7-9-15)14(22)21-25(23,24)13-6-5-12(10-20-13)16(17,18)19/h5-6,10-11H,3-4,7-9H2,1-2H3,(H,21,22). The molecule has 1 saturated carbocycles. The minimum atomic E-state index is -4.61. The second-order valence-corrected chi connectivity index (χ2v) is 8.77. The van der Waals surface area contributed by atoms with Gasteiger partial charge in [0.1, 0.15) is 0 Å². The summed E-state index contributed by atoms with van der Waals surface area (Å²) in [5.74, 6) is -1.05. The predicted molar refractivity (Wildman–Crippen MR) is 84.9 cm³/mol. The van der Waals surface area contributed by atoms with Crippen LogP contribution in [0.4, 0.5) is 13.2 Å². The van der Waals surface area contributed by atoms with Crippen molar-refractivity contribution in [2.75, 3.05) is 0 Å². The van der Waals surface area contributed by atoms with Gasteiger partial charge < -0.3 is 0 Å². The van der Waals surface area contributed by atoms with Gasteiger partial charge in [0.05, 0.1) is 5.56 Å². The van der Waals surface area contributed by atoms with Gasteiger partial charge in [-0.1, -0.05) is 20.3 Å². The van der Waals surface area contributed by atoms with Crippen molar-refractivity contribution in [1.82, 2.24) is 9.71 Å². The average molecular weight is 378 g/mol. The molecule has 1 atom stereocenters. The fourth-order valence-electron chi connectivity index (χ4n) is 2.90. The SMILES string of the molecule is CC1(C)CCCC(C(=O)NS(=O)(=O)c2ccc(C(F)(F)F)cn2)CC1. The normalized spacial score (nSPS) is 21.4. The van der Waals surface area contributed by atoms with Gasteiger partial charge in [0.2, 0.25) is 5.91 Å². The number of hydrogen-bond donors (Lipinski definition) is 1. The molecule has 0 aromatic carbocycles. The molecule has 1 aromatic heterocycles. The van der Waals surface area contributed by atoms with Crippen LogP contribution in [0.2, 0.25) is 0 Å². The Labute approximate surface area is 145 Å². The third-order valence-corrected chi connectivity index (χ3v) is 5.78. The Kier molecular flexibility index (Phi) is 5.46. The molecule has 1 N–H and O–H groups in total. The summed E-state index contributed by atoms with van der Waals surface area (Å²) in [5.41, 5.74) is -0.938. The molecular formula is C16H21F3N2O3S. The van der Waals surface area contributed by atoms with Gasteiger partial charge in [-0.25, -0.2) is 9.71 Å². The number of aromatic nitrogens is 1. The van der Waals surface area contributed by atoms with Gasteiger partial charge in [-0.15, -0.1) is 0 Å². The Hall–Kier alpha value is -1.64. The molecule has 0 aliphatic heterocycles. The third kappa shape index (κ3) is 5.17. The number of carbonyl (C=O) groups excluding carboxylic acids is 1. The number of alkyl halides is 3. The number of hydrogen-bond acceptors (Lipinski definition) is 4. The largest absolute Gasteiger partial charge is 0.417 e. The van der Waals surface area contributed by atoms with E-state index in [0.29, 0.717) is 25.1 Å². The highest BCUT2D eigenvalue weighted by atomic mass is 32.2. The molecule has 1 aliphatic carbocycles. The third-order valence-electron chi connectivity index (χ3n) is 4.52. The van der Waals surface area contributed by atoms with E-state index in [0.717, 1.165) is 25.3 Å². The molecule has 2 rings (SSSR count). The maximum atomic E-state index is 12.5. The summed E-state index contributed by atoms with van der Waals surface area (Å²) >= 11 is 0. The first-order valence-electron chi connectivity index (χ1n) is 8.01. The smallest absolute Gasteiger partial charge is 0.274 e. The van der Waals surface area contributed by atoms with Crippen molar-refractivity contribution in [3.05, 3.63) is 23.9 Å². The van der Waals surface area contributed by atoms with E-state index in [9.17, 15) is 26.4 Å². The molecule has 140 valence electrons. The Morgan fingerprint density at radius 3 is 2.48 bits per heavy atom. The van der Waals surface area contributed by atoms with Crippen molar-refractivity contribution in [3.63, 3.8) is 0 Å². The van der Waals surface area contributed by atoms with E-state index >= 15 is 0 Å². The topological polar surface area (TPSA) is 76.1 Å². The fraction of sp³-hybridized carbons (Fsp3) is 0.625. The maximum Gasteiger partial charge on any atom is 0.417 e. The number of rotatable bonds is 3. The van der Waals surface area contributed by atoms with Crippen LogP contribution >= 0.6 is 0 Å². The number of halogens is 3. The van der Waals surface area contributed by atoms with Crippen LogP contribution in [0.3, 0.4) is 0 Å². The number of pyridine rings is 1. The van der Waals surface area contributed by atoms with Crippen LogP contribution in [0.25, 0.3) is 0 Å². The monoisotopic (exact) mass is 378 g/mol. The molecule has 0 radical (unpaired) electrons. The molecule has 0 spiro atoms. The summed E-state index contributed by atoms with van der Waals surface area (Å²) in [4.78, 5) is 15.6. The van der Waals surface area contributed by atoms with E-state index in [2.05, 4.69) is 18.8 Å². The lowest BCUT2D eigenvalue weighted by molar-refractivity contribution is -0.138. The number of amides is 1. The first-order valence-corrected chi connectivity index (χ1v) is 9.49. The van der Waals surface area contributed by atoms with Gasteiger partial charge in [0.15, 0.2) is 5.03 Å². The Morgan fingerprint density at radius 1 is 1.24 bits per heavy atom. The zero-order chi connectivity index (χ0) is 18.9. The van der Waals surface area contributed by atoms with Gasteiger partial charge >= 0.3 is 6.18 Å². The molecule has 1 unspecified atom stereocenters. The van der Waals surface area contributed by atoms with Crippen molar-refractivity contribution >= 4 is 15.9 Å². The van der Waals surface area contributed by atoms with Crippen molar-refractivity contribution in [2.45, 2.75) is 57.2 Å². The van der Waals surface area contributed by atoms with Crippen LogP contribution in [0.15, 0.2) is 23.4 Å². The molecule has 9 heteroatoms. The summed E-state index contributed by atoms with van der Waals surface area (Å²) in [6.45, 7) is 4.21. The minimum absolute atomic E-state index is 0.114. The van der Waals surface area contributed by atoms with Crippen molar-refractivity contribution in [1.29, 1.82) is 0 Å². The molecule has 1 heterocycles. The van der Waals surface area contributed by atoms with Gasteiger partial charge in [-0.05, 0) is 43.2 Å². The quantitative estimate of drug-likeness (QED) is 0.817. The highest BCUT2D eigenvalue weighted by Gasteiger charge is 2.33. The van der Waals surface area contributed by atoms with Crippen LogP contribution in [0.5, 0.6) is 0 Å². The van der Waals surface area contributed by atoms with Crippen molar-refractivity contribution in [3.8, 4) is 0 Å². The fourth-order valence-corrected chi connectivity index (χ4v) is 3.87. The number of carbonyl (C=O) groups is 1. The zero-order valence-corrected chi connectivity index (χ0v) is 14.9. The summed E-state index contributed by atoms with van der Waals surface area (Å²) in [5, 5.41) is -0.609. The molecule has 25 heavy (non-hydrogen) atoms. The van der Waals surface area contributed by atoms with Crippen LogP contribution in [-0.2, 0) is 21.0 Å². The average Bonchev–Trinajstić information content (AvgIpc) is 2.67. The van der Waals surface area contributed by atoms with E-state index in [1.807, 2.05) is 4.72 Å². The highest BCUT2D eigenvalue weighted by molar-refractivity contribution is 7.90. The van der Waals surface area contributed by atoms with E-state index in [1.54, 1.807) is 0 Å². The zero-order valence-electron chi connectivity index (χ0n) is 14.1. The lowest BCUT2D eigenvalue weighted by atomic mass is 9.85. The first kappa shape index (κ1) is 19.7. The molecular weight excluding hydrogens is 357 g/mol. The summed E-state index contributed by atoms with van der Waals surface area (Å²) < 4.78 is 63.8. The van der Waals surface area contributed by atoms with E-state index in [-0.39, 0.29) is 5.41 Å². The molecule has 0 saturated heterocycles. The Bertz CT molecular complexity index is 728. The lowest BCUT2D eigenvalue weighted by Gasteiger charge is -2.21. The van der Waals surface area contributed by atoms with Gasteiger partial charge in [-0.2, -0.15) is 21.6 Å². The van der Waals surface area contributed by atoms with Gasteiger partial charge in [0.25, 0.3) is 10.0 Å². The van der Waals surface area contributed by atoms with Crippen molar-refractivity contribution in [2.24, 2.45) is 11.3 Å². The van der Waals surface area contributed by atoms with E-state index < -0.39 is 38.6 Å². The van der Waals surface area contributed by atoms with Crippen LogP contribution in [0.1, 0.15) is 51.5 Å². The highest BCUT2D eigenvalue weighted by Crippen LogP contribution is 2.36. The molecule has 0 bridgehead atoms. The number of nitrogens with one attached hydrogen (secondary N) is 1. The van der Waals surface area contributed by atoms with Gasteiger partial charge in [0, 0.05) is 12.1 Å². The summed E-state index contributed by atoms with van der Waals surface area (Å²) in [7, 11) is -4.29. The van der Waals surface area contributed by atoms with Crippen LogP contribution in [0, 0.1) is 11.3 Å². The second kappa shape index (κ2) is 6.93. The molecule has 1 aromatic rings.